The number of rotatable bonds is 7. The van der Waals surface area contributed by atoms with E-state index in [1.54, 1.807) is 17.6 Å². The number of benzene rings is 1. The molecule has 0 aliphatic carbocycles. The number of halogens is 3. The van der Waals surface area contributed by atoms with Crippen LogP contribution in [0.3, 0.4) is 0 Å². The number of ether oxygens (including phenoxy) is 2. The molecule has 1 aromatic heterocycles. The van der Waals surface area contributed by atoms with Crippen molar-refractivity contribution in [3.8, 4) is 0 Å². The molecule has 5 atom stereocenters. The molecule has 0 amide bonds. The maximum atomic E-state index is 15.5. The van der Waals surface area contributed by atoms with E-state index in [-0.39, 0.29) is 48.2 Å². The van der Waals surface area contributed by atoms with Gasteiger partial charge in [0.25, 0.3) is 0 Å². The van der Waals surface area contributed by atoms with Gasteiger partial charge in [-0.05, 0) is 12.5 Å². The number of nitrogens with one attached hydrogen (secondary N) is 1. The van der Waals surface area contributed by atoms with Crippen LogP contribution in [-0.4, -0.2) is 77.9 Å². The average molecular weight is 567 g/mol. The van der Waals surface area contributed by atoms with Crippen molar-refractivity contribution in [2.75, 3.05) is 26.9 Å². The van der Waals surface area contributed by atoms with Crippen LogP contribution in [0.5, 0.6) is 0 Å². The fraction of sp³-hybridized carbons (Fsp3) is 0.440. The average Bonchev–Trinajstić information content (AvgIpc) is 3.43. The highest BCUT2D eigenvalue weighted by atomic mass is 35.5. The number of amidine groups is 1. The number of methoxy groups -OCH3 is 1. The Morgan fingerprint density at radius 3 is 2.89 bits per heavy atom. The van der Waals surface area contributed by atoms with Crippen molar-refractivity contribution in [2.24, 2.45) is 10.9 Å². The zero-order valence-electron chi connectivity index (χ0n) is 20.3. The van der Waals surface area contributed by atoms with Gasteiger partial charge in [0, 0.05) is 41.3 Å². The molecular formula is C25H25ClF2N4O5S. The Balaban J connectivity index is 1.57. The van der Waals surface area contributed by atoms with Crippen LogP contribution in [0.2, 0.25) is 5.02 Å². The van der Waals surface area contributed by atoms with E-state index >= 15 is 4.39 Å². The van der Waals surface area contributed by atoms with Gasteiger partial charge in [0.05, 0.1) is 43.4 Å². The van der Waals surface area contributed by atoms with Crippen molar-refractivity contribution >= 4 is 40.7 Å². The number of hydrogen-bond donors (Lipinski definition) is 2. The number of aliphatic imine (C=N–C) groups is 1. The van der Waals surface area contributed by atoms with Crippen LogP contribution in [-0.2, 0) is 19.1 Å². The molecule has 202 valence electrons. The largest absolute Gasteiger partial charge is 0.481 e. The van der Waals surface area contributed by atoms with Crippen molar-refractivity contribution in [1.82, 2.24) is 15.2 Å². The van der Waals surface area contributed by atoms with Crippen LogP contribution in [0.15, 0.2) is 46.0 Å². The molecule has 0 radical (unpaired) electrons. The number of morpholine rings is 1. The standard InChI is InChI=1S/C25H25ClF2N4O5S/c1-36-25(35)19-16(9-32-13-7-12(8-18(33)34)21(28)17(32)11-37-10-13)30-23(24-29-5-6-38-24)31-22(19)14-3-2-4-15(27)20(14)26/h2-6,12-13,17,21-22H,7-11H2,1H3,(H,30,31)(H,33,34)/t12-,13-,17+,21-,22-/m0/s1. The molecule has 38 heavy (non-hydrogen) atoms. The molecule has 0 saturated carbocycles. The van der Waals surface area contributed by atoms with Gasteiger partial charge in [0.1, 0.15) is 18.0 Å². The van der Waals surface area contributed by atoms with Crippen molar-refractivity contribution in [3.63, 3.8) is 0 Å². The highest BCUT2D eigenvalue weighted by Gasteiger charge is 2.47. The number of nitrogens with zero attached hydrogens (tertiary/aromatic N) is 3. The molecule has 3 aliphatic rings. The number of hydrogen-bond acceptors (Lipinski definition) is 9. The van der Waals surface area contributed by atoms with E-state index in [1.807, 2.05) is 4.90 Å². The zero-order chi connectivity index (χ0) is 27.0. The molecule has 3 aliphatic heterocycles. The molecule has 0 unspecified atom stereocenters. The van der Waals surface area contributed by atoms with Crippen LogP contribution in [0, 0.1) is 11.7 Å². The number of aliphatic carboxylic acids is 1. The molecule has 2 bridgehead atoms. The summed E-state index contributed by atoms with van der Waals surface area (Å²) in [5.41, 5.74) is 0.776. The predicted octanol–water partition coefficient (Wildman–Crippen LogP) is 3.36. The molecule has 2 N–H and O–H groups in total. The maximum Gasteiger partial charge on any atom is 0.338 e. The van der Waals surface area contributed by atoms with Gasteiger partial charge in [-0.1, -0.05) is 23.7 Å². The van der Waals surface area contributed by atoms with Gasteiger partial charge in [-0.2, -0.15) is 0 Å². The Labute approximate surface area is 226 Å². The summed E-state index contributed by atoms with van der Waals surface area (Å²) >= 11 is 7.65. The first-order valence-electron chi connectivity index (χ1n) is 12.0. The number of esters is 1. The number of fused-ring (bicyclic) bond motifs is 2. The van der Waals surface area contributed by atoms with Crippen LogP contribution in [0.25, 0.3) is 0 Å². The van der Waals surface area contributed by atoms with Gasteiger partial charge in [-0.3, -0.25) is 14.7 Å². The van der Waals surface area contributed by atoms with E-state index in [4.69, 9.17) is 21.1 Å². The number of alkyl halides is 1. The first kappa shape index (κ1) is 26.7. The monoisotopic (exact) mass is 566 g/mol. The molecule has 5 rings (SSSR count). The summed E-state index contributed by atoms with van der Waals surface area (Å²) in [6.45, 7) is 0.477. The highest BCUT2D eigenvalue weighted by molar-refractivity contribution is 7.11. The molecule has 0 spiro atoms. The van der Waals surface area contributed by atoms with Crippen LogP contribution >= 0.6 is 22.9 Å². The van der Waals surface area contributed by atoms with E-state index in [2.05, 4.69) is 15.3 Å². The summed E-state index contributed by atoms with van der Waals surface area (Å²) in [7, 11) is 1.23. The smallest absolute Gasteiger partial charge is 0.338 e. The number of carbonyl (C=O) groups excluding carboxylic acids is 1. The molecule has 2 fully saturated rings. The molecule has 2 aromatic rings. The SMILES string of the molecule is COC(=O)C1=C(CN2[C@@H]3COC[C@@H]2[C@@H](F)[C@H](CC(=O)O)C3)NC(c2nccs2)=N[C@H]1c1cccc(F)c1Cl. The van der Waals surface area contributed by atoms with Crippen LogP contribution in [0.1, 0.15) is 29.5 Å². The minimum absolute atomic E-state index is 0.0845. The fourth-order valence-corrected chi connectivity index (χ4v) is 6.20. The minimum atomic E-state index is -1.44. The van der Waals surface area contributed by atoms with E-state index in [1.165, 1.54) is 30.6 Å². The van der Waals surface area contributed by atoms with Gasteiger partial charge in [-0.15, -0.1) is 11.3 Å². The number of thiazole rings is 1. The van der Waals surface area contributed by atoms with Crippen LogP contribution in [0.4, 0.5) is 8.78 Å². The summed E-state index contributed by atoms with van der Waals surface area (Å²) < 4.78 is 40.7. The van der Waals surface area contributed by atoms with Crippen molar-refractivity contribution in [2.45, 2.75) is 37.1 Å². The third-order valence-electron chi connectivity index (χ3n) is 7.11. The molecule has 4 heterocycles. The lowest BCUT2D eigenvalue weighted by atomic mass is 9.81. The third-order valence-corrected chi connectivity index (χ3v) is 8.28. The van der Waals surface area contributed by atoms with Gasteiger partial charge in [-0.25, -0.2) is 18.6 Å². The quantitative estimate of drug-likeness (QED) is 0.491. The number of carbonyl (C=O) groups is 2. The molecule has 2 saturated heterocycles. The highest BCUT2D eigenvalue weighted by Crippen LogP contribution is 2.40. The van der Waals surface area contributed by atoms with E-state index in [0.717, 1.165) is 0 Å². The Morgan fingerprint density at radius 2 is 2.18 bits per heavy atom. The summed E-state index contributed by atoms with van der Waals surface area (Å²) in [5, 5.41) is 14.6. The summed E-state index contributed by atoms with van der Waals surface area (Å²) in [4.78, 5) is 35.4. The summed E-state index contributed by atoms with van der Waals surface area (Å²) in [6, 6.07) is 2.29. The Kier molecular flexibility index (Phi) is 7.75. The normalized spacial score (nSPS) is 27.5. The van der Waals surface area contributed by atoms with E-state index in [9.17, 15) is 19.1 Å². The first-order valence-corrected chi connectivity index (χ1v) is 13.2. The van der Waals surface area contributed by atoms with E-state index in [0.29, 0.717) is 23.1 Å². The van der Waals surface area contributed by atoms with Crippen molar-refractivity contribution in [1.29, 1.82) is 0 Å². The van der Waals surface area contributed by atoms with Crippen LogP contribution < -0.4 is 5.32 Å². The number of carboxylic acid groups (broad SMARTS) is 1. The van der Waals surface area contributed by atoms with Gasteiger partial charge < -0.3 is 19.9 Å². The Hall–Kier alpha value is -2.93. The second-order valence-electron chi connectivity index (χ2n) is 9.34. The summed E-state index contributed by atoms with van der Waals surface area (Å²) in [5.74, 6) is -2.69. The predicted molar refractivity (Wildman–Crippen MR) is 135 cm³/mol. The lowest BCUT2D eigenvalue weighted by Crippen LogP contribution is -2.63. The fourth-order valence-electron chi connectivity index (χ4n) is 5.38. The molecule has 1 aromatic carbocycles. The number of carboxylic acids is 1. The zero-order valence-corrected chi connectivity index (χ0v) is 21.8. The third kappa shape index (κ3) is 5.05. The minimum Gasteiger partial charge on any atom is -0.481 e. The maximum absolute atomic E-state index is 15.5. The molecular weight excluding hydrogens is 542 g/mol. The molecule has 13 heteroatoms. The number of aromatic nitrogens is 1. The second kappa shape index (κ2) is 11.0. The Morgan fingerprint density at radius 1 is 1.37 bits per heavy atom. The van der Waals surface area contributed by atoms with Gasteiger partial charge in [0.2, 0.25) is 0 Å². The summed E-state index contributed by atoms with van der Waals surface area (Å²) in [6.07, 6.45) is 0.194. The van der Waals surface area contributed by atoms with Gasteiger partial charge in [0.15, 0.2) is 10.8 Å². The first-order chi connectivity index (χ1) is 18.3. The lowest BCUT2D eigenvalue weighted by Gasteiger charge is -2.50. The van der Waals surface area contributed by atoms with Crippen molar-refractivity contribution < 1.29 is 33.0 Å². The topological polar surface area (TPSA) is 113 Å². The second-order valence-corrected chi connectivity index (χ2v) is 10.6. The van der Waals surface area contributed by atoms with Gasteiger partial charge >= 0.3 is 11.9 Å². The molecule has 9 nitrogen and oxygen atoms in total. The van der Waals surface area contributed by atoms with E-state index < -0.39 is 41.9 Å². The van der Waals surface area contributed by atoms with Crippen molar-refractivity contribution in [3.05, 3.63) is 62.5 Å². The Bertz CT molecular complexity index is 1290. The lowest BCUT2D eigenvalue weighted by molar-refractivity contribution is -0.146. The number of piperidine rings is 1.